The Hall–Kier alpha value is -1.12. The van der Waals surface area contributed by atoms with Crippen molar-refractivity contribution >= 4 is 11.3 Å². The van der Waals surface area contributed by atoms with Gasteiger partial charge in [-0.2, -0.15) is 0 Å². The number of thiophene rings is 1. The molecule has 90 valence electrons. The molecule has 0 saturated carbocycles. The second-order valence-electron chi connectivity index (χ2n) is 5.17. The zero-order valence-electron chi connectivity index (χ0n) is 10.9. The normalized spacial score (nSPS) is 11.8. The summed E-state index contributed by atoms with van der Waals surface area (Å²) in [4.78, 5) is 1.31. The maximum absolute atomic E-state index is 6.12. The third-order valence-electron chi connectivity index (χ3n) is 3.21. The molecule has 0 bridgehead atoms. The van der Waals surface area contributed by atoms with E-state index in [1.165, 1.54) is 27.1 Å². The van der Waals surface area contributed by atoms with Crippen molar-refractivity contribution in [2.24, 2.45) is 5.73 Å². The van der Waals surface area contributed by atoms with Gasteiger partial charge in [-0.3, -0.25) is 0 Å². The molecule has 17 heavy (non-hydrogen) atoms. The number of hydrogen-bond donors (Lipinski definition) is 1. The Morgan fingerprint density at radius 2 is 1.88 bits per heavy atom. The zero-order chi connectivity index (χ0) is 12.6. The van der Waals surface area contributed by atoms with Gasteiger partial charge >= 0.3 is 0 Å². The number of nitrogens with two attached hydrogens (primary N) is 1. The molecule has 0 aliphatic rings. The van der Waals surface area contributed by atoms with Gasteiger partial charge in [0.05, 0.1) is 0 Å². The first-order valence-corrected chi connectivity index (χ1v) is 6.72. The standard InChI is InChI=1S/C15H19NS/c1-10-6-5-7-13(11(10)2)14-8-12(9-17-14)15(3,4)16/h5-9H,16H2,1-4H3. The first kappa shape index (κ1) is 12.3. The van der Waals surface area contributed by atoms with Crippen molar-refractivity contribution in [3.05, 3.63) is 46.3 Å². The Morgan fingerprint density at radius 1 is 1.18 bits per heavy atom. The smallest absolute Gasteiger partial charge is 0.0360 e. The Morgan fingerprint density at radius 3 is 2.47 bits per heavy atom. The van der Waals surface area contributed by atoms with Crippen LogP contribution in [0.4, 0.5) is 0 Å². The van der Waals surface area contributed by atoms with Crippen molar-refractivity contribution < 1.29 is 0 Å². The van der Waals surface area contributed by atoms with Gasteiger partial charge < -0.3 is 5.73 Å². The lowest BCUT2D eigenvalue weighted by Gasteiger charge is -2.16. The zero-order valence-corrected chi connectivity index (χ0v) is 11.7. The van der Waals surface area contributed by atoms with Gasteiger partial charge in [0.25, 0.3) is 0 Å². The van der Waals surface area contributed by atoms with E-state index in [4.69, 9.17) is 5.73 Å². The molecule has 0 aliphatic carbocycles. The lowest BCUT2D eigenvalue weighted by molar-refractivity contribution is 0.557. The molecule has 0 fully saturated rings. The Balaban J connectivity index is 2.48. The van der Waals surface area contributed by atoms with E-state index in [1.54, 1.807) is 11.3 Å². The highest BCUT2D eigenvalue weighted by molar-refractivity contribution is 7.13. The quantitative estimate of drug-likeness (QED) is 0.842. The molecule has 0 unspecified atom stereocenters. The first-order chi connectivity index (χ1) is 7.89. The van der Waals surface area contributed by atoms with Crippen LogP contribution in [0.3, 0.4) is 0 Å². The first-order valence-electron chi connectivity index (χ1n) is 5.84. The molecule has 2 aromatic rings. The summed E-state index contributed by atoms with van der Waals surface area (Å²) in [6, 6.07) is 8.67. The van der Waals surface area contributed by atoms with Gasteiger partial charge in [0.1, 0.15) is 0 Å². The summed E-state index contributed by atoms with van der Waals surface area (Å²) in [5.74, 6) is 0. The van der Waals surface area contributed by atoms with Crippen molar-refractivity contribution in [3.8, 4) is 10.4 Å². The van der Waals surface area contributed by atoms with Crippen LogP contribution in [0, 0.1) is 13.8 Å². The van der Waals surface area contributed by atoms with Gasteiger partial charge in [-0.15, -0.1) is 11.3 Å². The highest BCUT2D eigenvalue weighted by atomic mass is 32.1. The van der Waals surface area contributed by atoms with Crippen LogP contribution in [0.2, 0.25) is 0 Å². The second-order valence-corrected chi connectivity index (χ2v) is 6.08. The SMILES string of the molecule is Cc1cccc(-c2cc(C(C)(C)N)cs2)c1C. The fraction of sp³-hybridized carbons (Fsp3) is 0.333. The minimum atomic E-state index is -0.257. The third kappa shape index (κ3) is 2.43. The monoisotopic (exact) mass is 245 g/mol. The van der Waals surface area contributed by atoms with E-state index >= 15 is 0 Å². The summed E-state index contributed by atoms with van der Waals surface area (Å²) < 4.78 is 0. The molecule has 1 heterocycles. The molecule has 1 nitrogen and oxygen atoms in total. The molecule has 2 N–H and O–H groups in total. The lowest BCUT2D eigenvalue weighted by atomic mass is 9.96. The fourth-order valence-corrected chi connectivity index (χ4v) is 3.00. The third-order valence-corrected chi connectivity index (χ3v) is 4.18. The topological polar surface area (TPSA) is 26.0 Å². The van der Waals surface area contributed by atoms with Crippen LogP contribution in [0.25, 0.3) is 10.4 Å². The average Bonchev–Trinajstić information content (AvgIpc) is 2.70. The molecule has 0 atom stereocenters. The summed E-state index contributed by atoms with van der Waals surface area (Å²) >= 11 is 1.77. The number of hydrogen-bond acceptors (Lipinski definition) is 2. The Labute approximate surface area is 107 Å². The summed E-state index contributed by atoms with van der Waals surface area (Å²) in [6.45, 7) is 8.42. The van der Waals surface area contributed by atoms with Crippen LogP contribution < -0.4 is 5.73 Å². The van der Waals surface area contributed by atoms with Gasteiger partial charge in [0, 0.05) is 10.4 Å². The largest absolute Gasteiger partial charge is 0.322 e. The van der Waals surface area contributed by atoms with Crippen molar-refractivity contribution in [3.63, 3.8) is 0 Å². The summed E-state index contributed by atoms with van der Waals surface area (Å²) in [7, 11) is 0. The van der Waals surface area contributed by atoms with Crippen molar-refractivity contribution in [2.45, 2.75) is 33.2 Å². The molecular formula is C15H19NS. The molecule has 2 heteroatoms. The summed E-state index contributed by atoms with van der Waals surface area (Å²) in [5, 5.41) is 2.16. The molecular weight excluding hydrogens is 226 g/mol. The lowest BCUT2D eigenvalue weighted by Crippen LogP contribution is -2.27. The molecule has 0 spiro atoms. The van der Waals surface area contributed by atoms with E-state index in [2.05, 4.69) is 43.5 Å². The average molecular weight is 245 g/mol. The predicted octanol–water partition coefficient (Wildman–Crippen LogP) is 4.23. The Kier molecular flexibility index (Phi) is 3.11. The van der Waals surface area contributed by atoms with E-state index in [-0.39, 0.29) is 5.54 Å². The van der Waals surface area contributed by atoms with E-state index in [1.807, 2.05) is 13.8 Å². The second kappa shape index (κ2) is 4.28. The molecule has 0 amide bonds. The highest BCUT2D eigenvalue weighted by Gasteiger charge is 2.17. The number of aryl methyl sites for hydroxylation is 1. The summed E-state index contributed by atoms with van der Waals surface area (Å²) in [5.41, 5.74) is 11.1. The minimum absolute atomic E-state index is 0.257. The number of benzene rings is 1. The van der Waals surface area contributed by atoms with Gasteiger partial charge in [-0.05, 0) is 61.4 Å². The van der Waals surface area contributed by atoms with Crippen LogP contribution in [0.1, 0.15) is 30.5 Å². The molecule has 0 aliphatic heterocycles. The molecule has 0 radical (unpaired) electrons. The van der Waals surface area contributed by atoms with Crippen LogP contribution >= 0.6 is 11.3 Å². The predicted molar refractivity (Wildman–Crippen MR) is 76.4 cm³/mol. The van der Waals surface area contributed by atoms with Gasteiger partial charge in [0.15, 0.2) is 0 Å². The number of rotatable bonds is 2. The van der Waals surface area contributed by atoms with Crippen molar-refractivity contribution in [1.82, 2.24) is 0 Å². The molecule has 0 saturated heterocycles. The van der Waals surface area contributed by atoms with E-state index in [0.717, 1.165) is 0 Å². The highest BCUT2D eigenvalue weighted by Crippen LogP contribution is 2.33. The Bertz CT molecular complexity index is 532. The van der Waals surface area contributed by atoms with Gasteiger partial charge in [0.2, 0.25) is 0 Å². The van der Waals surface area contributed by atoms with Crippen LogP contribution in [0.15, 0.2) is 29.6 Å². The van der Waals surface area contributed by atoms with E-state index in [9.17, 15) is 0 Å². The molecule has 2 rings (SSSR count). The van der Waals surface area contributed by atoms with E-state index in [0.29, 0.717) is 0 Å². The van der Waals surface area contributed by atoms with Gasteiger partial charge in [-0.25, -0.2) is 0 Å². The van der Waals surface area contributed by atoms with Gasteiger partial charge in [-0.1, -0.05) is 18.2 Å². The van der Waals surface area contributed by atoms with Crippen molar-refractivity contribution in [1.29, 1.82) is 0 Å². The fourth-order valence-electron chi connectivity index (χ4n) is 1.83. The maximum atomic E-state index is 6.12. The summed E-state index contributed by atoms with van der Waals surface area (Å²) in [6.07, 6.45) is 0. The van der Waals surface area contributed by atoms with Crippen LogP contribution in [0.5, 0.6) is 0 Å². The van der Waals surface area contributed by atoms with Crippen LogP contribution in [-0.4, -0.2) is 0 Å². The van der Waals surface area contributed by atoms with E-state index < -0.39 is 0 Å². The minimum Gasteiger partial charge on any atom is -0.322 e. The molecule has 1 aromatic heterocycles. The van der Waals surface area contributed by atoms with Crippen LogP contribution in [-0.2, 0) is 5.54 Å². The molecule has 1 aromatic carbocycles. The van der Waals surface area contributed by atoms with Crippen molar-refractivity contribution in [2.75, 3.05) is 0 Å². The maximum Gasteiger partial charge on any atom is 0.0360 e.